The molecule has 0 bridgehead atoms. The van der Waals surface area contributed by atoms with Crippen molar-refractivity contribution in [3.63, 3.8) is 0 Å². The van der Waals surface area contributed by atoms with E-state index in [1.807, 2.05) is 30.3 Å². The minimum atomic E-state index is -0.464. The second kappa shape index (κ2) is 7.49. The summed E-state index contributed by atoms with van der Waals surface area (Å²) in [5.74, 6) is -0.464. The summed E-state index contributed by atoms with van der Waals surface area (Å²) < 4.78 is 0. The average molecular weight is 343 g/mol. The maximum absolute atomic E-state index is 12.1. The van der Waals surface area contributed by atoms with Gasteiger partial charge in [0.05, 0.1) is 5.56 Å². The summed E-state index contributed by atoms with van der Waals surface area (Å²) in [6, 6.07) is 9.67. The quantitative estimate of drug-likeness (QED) is 0.779. The van der Waals surface area contributed by atoms with Crippen molar-refractivity contribution < 1.29 is 9.59 Å². The third-order valence-corrected chi connectivity index (χ3v) is 5.39. The highest BCUT2D eigenvalue weighted by atomic mass is 32.1. The number of hydrogen-bond acceptors (Lipinski definition) is 3. The number of nitrogens with two attached hydrogens (primary N) is 1. The second-order valence-corrected chi connectivity index (χ2v) is 7.00. The Morgan fingerprint density at radius 1 is 1.12 bits per heavy atom. The smallest absolute Gasteiger partial charge is 0.319 e. The van der Waals surface area contributed by atoms with E-state index in [1.54, 1.807) is 0 Å². The van der Waals surface area contributed by atoms with Crippen LogP contribution in [0.3, 0.4) is 0 Å². The summed E-state index contributed by atoms with van der Waals surface area (Å²) in [6.07, 6.45) is 4.76. The van der Waals surface area contributed by atoms with Crippen molar-refractivity contribution in [2.45, 2.75) is 32.1 Å². The first-order chi connectivity index (χ1) is 11.6. The monoisotopic (exact) mass is 343 g/mol. The lowest BCUT2D eigenvalue weighted by atomic mass is 9.95. The van der Waals surface area contributed by atoms with Gasteiger partial charge in [-0.25, -0.2) is 4.79 Å². The second-order valence-electron chi connectivity index (χ2n) is 5.90. The Kier molecular flexibility index (Phi) is 5.15. The van der Waals surface area contributed by atoms with Crippen LogP contribution >= 0.6 is 11.3 Å². The van der Waals surface area contributed by atoms with E-state index in [0.717, 1.165) is 37.7 Å². The molecule has 0 radical (unpaired) electrons. The van der Waals surface area contributed by atoms with Crippen LogP contribution in [0.5, 0.6) is 0 Å². The Balaban J connectivity index is 1.62. The van der Waals surface area contributed by atoms with Crippen molar-refractivity contribution in [2.24, 2.45) is 5.73 Å². The van der Waals surface area contributed by atoms with Gasteiger partial charge in [-0.2, -0.15) is 0 Å². The minimum Gasteiger partial charge on any atom is -0.365 e. The van der Waals surface area contributed by atoms with E-state index in [4.69, 9.17) is 5.73 Å². The van der Waals surface area contributed by atoms with E-state index in [-0.39, 0.29) is 6.03 Å². The zero-order valence-corrected chi connectivity index (χ0v) is 14.2. The third-order valence-electron chi connectivity index (χ3n) is 4.19. The lowest BCUT2D eigenvalue weighted by Crippen LogP contribution is -2.31. The summed E-state index contributed by atoms with van der Waals surface area (Å²) in [7, 11) is 0. The van der Waals surface area contributed by atoms with Gasteiger partial charge in [0.1, 0.15) is 5.00 Å². The fourth-order valence-corrected chi connectivity index (χ4v) is 4.32. The van der Waals surface area contributed by atoms with Crippen molar-refractivity contribution in [3.05, 3.63) is 51.9 Å². The highest BCUT2D eigenvalue weighted by Crippen LogP contribution is 2.37. The SMILES string of the molecule is NC(=O)c1c(NC(=O)NCCc2ccccc2)sc2c1CCCC2. The highest BCUT2D eigenvalue weighted by molar-refractivity contribution is 7.17. The number of amides is 3. The number of carbonyl (C=O) groups is 2. The largest absolute Gasteiger partial charge is 0.365 e. The molecule has 1 heterocycles. The molecular weight excluding hydrogens is 322 g/mol. The van der Waals surface area contributed by atoms with Crippen molar-refractivity contribution in [3.8, 4) is 0 Å². The number of thiophene rings is 1. The molecule has 2 aromatic rings. The zero-order valence-electron chi connectivity index (χ0n) is 13.4. The van der Waals surface area contributed by atoms with Gasteiger partial charge in [-0.3, -0.25) is 10.1 Å². The molecule has 0 aliphatic heterocycles. The third kappa shape index (κ3) is 3.76. The van der Waals surface area contributed by atoms with Crippen LogP contribution in [-0.2, 0) is 19.3 Å². The maximum Gasteiger partial charge on any atom is 0.319 e. The number of fused-ring (bicyclic) bond motifs is 1. The summed E-state index contributed by atoms with van der Waals surface area (Å²) in [5, 5.41) is 6.21. The van der Waals surface area contributed by atoms with E-state index in [2.05, 4.69) is 10.6 Å². The number of carbonyl (C=O) groups excluding carboxylic acids is 2. The maximum atomic E-state index is 12.1. The van der Waals surface area contributed by atoms with E-state index >= 15 is 0 Å². The van der Waals surface area contributed by atoms with Gasteiger partial charge in [-0.05, 0) is 43.2 Å². The van der Waals surface area contributed by atoms with Crippen molar-refractivity contribution in [1.82, 2.24) is 5.32 Å². The van der Waals surface area contributed by atoms with Crippen LogP contribution in [0.2, 0.25) is 0 Å². The van der Waals surface area contributed by atoms with Crippen LogP contribution in [0.4, 0.5) is 9.80 Å². The standard InChI is InChI=1S/C18H21N3O2S/c19-16(22)15-13-8-4-5-9-14(13)24-17(15)21-18(23)20-11-10-12-6-2-1-3-7-12/h1-3,6-7H,4-5,8-11H2,(H2,19,22)(H2,20,21,23). The molecule has 0 unspecified atom stereocenters. The first-order valence-electron chi connectivity index (χ1n) is 8.18. The number of nitrogens with one attached hydrogen (secondary N) is 2. The number of aryl methyl sites for hydroxylation is 1. The van der Waals surface area contributed by atoms with Gasteiger partial charge < -0.3 is 11.1 Å². The first kappa shape index (κ1) is 16.5. The Morgan fingerprint density at radius 3 is 2.62 bits per heavy atom. The summed E-state index contributed by atoms with van der Waals surface area (Å²) >= 11 is 1.48. The fraction of sp³-hybridized carbons (Fsp3) is 0.333. The van der Waals surface area contributed by atoms with Crippen LogP contribution in [-0.4, -0.2) is 18.5 Å². The summed E-state index contributed by atoms with van der Waals surface area (Å²) in [5.41, 5.74) is 8.22. The molecule has 0 saturated heterocycles. The normalized spacial score (nSPS) is 13.2. The molecule has 5 nitrogen and oxygen atoms in total. The number of primary amides is 1. The van der Waals surface area contributed by atoms with Crippen LogP contribution in [0.15, 0.2) is 30.3 Å². The zero-order chi connectivity index (χ0) is 16.9. The van der Waals surface area contributed by atoms with Crippen molar-refractivity contribution in [1.29, 1.82) is 0 Å². The van der Waals surface area contributed by atoms with Crippen molar-refractivity contribution in [2.75, 3.05) is 11.9 Å². The molecule has 1 aromatic carbocycles. The molecule has 3 rings (SSSR count). The van der Waals surface area contributed by atoms with Gasteiger partial charge >= 0.3 is 6.03 Å². The Hall–Kier alpha value is -2.34. The van der Waals surface area contributed by atoms with Gasteiger partial charge in [0.25, 0.3) is 5.91 Å². The first-order valence-corrected chi connectivity index (χ1v) is 9.00. The molecule has 1 aliphatic rings. The van der Waals surface area contributed by atoms with Crippen molar-refractivity contribution >= 4 is 28.3 Å². The molecule has 126 valence electrons. The molecule has 0 atom stereocenters. The molecule has 1 aromatic heterocycles. The number of benzene rings is 1. The van der Waals surface area contributed by atoms with Gasteiger partial charge in [-0.1, -0.05) is 30.3 Å². The highest BCUT2D eigenvalue weighted by Gasteiger charge is 2.24. The van der Waals surface area contributed by atoms with E-state index in [9.17, 15) is 9.59 Å². The molecule has 0 fully saturated rings. The lowest BCUT2D eigenvalue weighted by molar-refractivity contribution is 0.100. The van der Waals surface area contributed by atoms with Gasteiger partial charge in [0, 0.05) is 11.4 Å². The topological polar surface area (TPSA) is 84.2 Å². The fourth-order valence-electron chi connectivity index (χ4n) is 3.03. The molecule has 1 aliphatic carbocycles. The summed E-state index contributed by atoms with van der Waals surface area (Å²) in [6.45, 7) is 0.535. The number of anilines is 1. The van der Waals surface area contributed by atoms with Gasteiger partial charge in [0.15, 0.2) is 0 Å². The lowest BCUT2D eigenvalue weighted by Gasteiger charge is -2.11. The Morgan fingerprint density at radius 2 is 1.88 bits per heavy atom. The molecule has 0 spiro atoms. The number of hydrogen-bond donors (Lipinski definition) is 3. The molecule has 3 amide bonds. The Labute approximate surface area is 145 Å². The molecular formula is C18H21N3O2S. The van der Waals surface area contributed by atoms with E-state index < -0.39 is 5.91 Å². The van der Waals surface area contributed by atoms with Crippen LogP contribution in [0.1, 0.15) is 39.2 Å². The molecule has 0 saturated carbocycles. The molecule has 24 heavy (non-hydrogen) atoms. The van der Waals surface area contributed by atoms with Crippen LogP contribution in [0.25, 0.3) is 0 Å². The van der Waals surface area contributed by atoms with E-state index in [0.29, 0.717) is 17.1 Å². The minimum absolute atomic E-state index is 0.299. The van der Waals surface area contributed by atoms with E-state index in [1.165, 1.54) is 21.8 Å². The average Bonchev–Trinajstić information content (AvgIpc) is 2.93. The van der Waals surface area contributed by atoms with Gasteiger partial charge in [-0.15, -0.1) is 11.3 Å². The molecule has 4 N–H and O–H groups in total. The predicted octanol–water partition coefficient (Wildman–Crippen LogP) is 3.09. The Bertz CT molecular complexity index is 740. The van der Waals surface area contributed by atoms with Crippen LogP contribution in [0, 0.1) is 0 Å². The van der Waals surface area contributed by atoms with Gasteiger partial charge in [0.2, 0.25) is 0 Å². The van der Waals surface area contributed by atoms with Crippen LogP contribution < -0.4 is 16.4 Å². The number of urea groups is 1. The molecule has 6 heteroatoms. The summed E-state index contributed by atoms with van der Waals surface area (Å²) in [4.78, 5) is 25.1. The predicted molar refractivity (Wildman–Crippen MR) is 96.6 cm³/mol. The number of rotatable bonds is 5.